The lowest BCUT2D eigenvalue weighted by Gasteiger charge is -2.30. The minimum atomic E-state index is -4.65. The monoisotopic (exact) mass is 737 g/mol. The predicted molar refractivity (Wildman–Crippen MR) is 185 cm³/mol. The van der Waals surface area contributed by atoms with E-state index in [4.69, 9.17) is 19.2 Å². The van der Waals surface area contributed by atoms with Gasteiger partial charge in [0.05, 0.1) is 38.3 Å². The van der Waals surface area contributed by atoms with Crippen LogP contribution < -0.4 is 20.1 Å². The number of benzene rings is 2. The lowest BCUT2D eigenvalue weighted by atomic mass is 9.97. The van der Waals surface area contributed by atoms with Crippen molar-refractivity contribution in [3.8, 4) is 22.8 Å². The zero-order valence-corrected chi connectivity index (χ0v) is 28.8. The SMILES string of the molecule is COCc1cnc(NCc2ccc(OC)cc2OC)c2c(-c3ccc(C(=O)Nc4cc(C(F)(F)F)ccn4)cc3F)nc([C@@H]3CCCN(C(=O)O)C3)n12. The summed E-state index contributed by atoms with van der Waals surface area (Å²) in [6.07, 6.45) is -2.03. The Kier molecular flexibility index (Phi) is 10.6. The maximum atomic E-state index is 16.2. The molecule has 5 aromatic rings. The van der Waals surface area contributed by atoms with Gasteiger partial charge in [-0.2, -0.15) is 13.2 Å². The number of rotatable bonds is 11. The Morgan fingerprint density at radius 3 is 2.55 bits per heavy atom. The molecule has 1 fully saturated rings. The molecule has 1 atom stereocenters. The van der Waals surface area contributed by atoms with Gasteiger partial charge in [0.25, 0.3) is 5.91 Å². The highest BCUT2D eigenvalue weighted by atomic mass is 19.4. The summed E-state index contributed by atoms with van der Waals surface area (Å²) in [6.45, 7) is 0.832. The molecule has 6 rings (SSSR count). The molecular formula is C36H35F4N7O6. The Bertz CT molecular complexity index is 2160. The first-order chi connectivity index (χ1) is 25.4. The van der Waals surface area contributed by atoms with Gasteiger partial charge in [0.2, 0.25) is 0 Å². The number of piperidine rings is 1. The molecule has 13 nitrogen and oxygen atoms in total. The van der Waals surface area contributed by atoms with Crippen LogP contribution in [0.3, 0.4) is 0 Å². The number of imidazole rings is 1. The third-order valence-corrected chi connectivity index (χ3v) is 8.86. The van der Waals surface area contributed by atoms with E-state index in [0.29, 0.717) is 59.8 Å². The Morgan fingerprint density at radius 1 is 1.04 bits per heavy atom. The number of nitrogens with zero attached hydrogens (tertiary/aromatic N) is 5. The number of carbonyl (C=O) groups is 2. The van der Waals surface area contributed by atoms with Crippen LogP contribution in [0.2, 0.25) is 0 Å². The summed E-state index contributed by atoms with van der Waals surface area (Å²) in [5.74, 6) is -0.527. The average Bonchev–Trinajstić information content (AvgIpc) is 3.55. The van der Waals surface area contributed by atoms with Gasteiger partial charge in [-0.25, -0.2) is 24.1 Å². The number of carbonyl (C=O) groups excluding carboxylic acids is 1. The number of amides is 2. The molecule has 17 heteroatoms. The van der Waals surface area contributed by atoms with Crippen LogP contribution in [0.15, 0.2) is 60.9 Å². The van der Waals surface area contributed by atoms with Crippen LogP contribution in [0.25, 0.3) is 16.8 Å². The van der Waals surface area contributed by atoms with Crippen LogP contribution >= 0.6 is 0 Å². The van der Waals surface area contributed by atoms with Crippen molar-refractivity contribution in [1.29, 1.82) is 0 Å². The number of fused-ring (bicyclic) bond motifs is 1. The van der Waals surface area contributed by atoms with Crippen LogP contribution in [-0.4, -0.2) is 75.8 Å². The lowest BCUT2D eigenvalue weighted by molar-refractivity contribution is -0.137. The second-order valence-electron chi connectivity index (χ2n) is 12.2. The van der Waals surface area contributed by atoms with Crippen molar-refractivity contribution in [2.45, 2.75) is 38.1 Å². The normalized spacial score (nSPS) is 14.6. The van der Waals surface area contributed by atoms with Crippen molar-refractivity contribution in [1.82, 2.24) is 24.3 Å². The maximum absolute atomic E-state index is 16.2. The highest BCUT2D eigenvalue weighted by Crippen LogP contribution is 2.38. The fourth-order valence-electron chi connectivity index (χ4n) is 6.30. The molecule has 0 bridgehead atoms. The molecule has 0 aliphatic carbocycles. The molecule has 2 amide bonds. The van der Waals surface area contributed by atoms with Gasteiger partial charge < -0.3 is 34.9 Å². The van der Waals surface area contributed by atoms with Crippen molar-refractivity contribution in [3.05, 3.63) is 95.0 Å². The Labute approximate surface area is 300 Å². The van der Waals surface area contributed by atoms with Gasteiger partial charge >= 0.3 is 12.3 Å². The third-order valence-electron chi connectivity index (χ3n) is 8.86. The summed E-state index contributed by atoms with van der Waals surface area (Å²) in [5, 5.41) is 15.4. The first-order valence-corrected chi connectivity index (χ1v) is 16.4. The second kappa shape index (κ2) is 15.3. The van der Waals surface area contributed by atoms with Crippen molar-refractivity contribution < 1.29 is 46.5 Å². The number of alkyl halides is 3. The number of halogens is 4. The predicted octanol–water partition coefficient (Wildman–Crippen LogP) is 6.83. The third kappa shape index (κ3) is 7.79. The fraction of sp³-hybridized carbons (Fsp3) is 0.306. The molecular weight excluding hydrogens is 702 g/mol. The summed E-state index contributed by atoms with van der Waals surface area (Å²) >= 11 is 0. The summed E-state index contributed by atoms with van der Waals surface area (Å²) in [7, 11) is 4.58. The summed E-state index contributed by atoms with van der Waals surface area (Å²) in [6, 6.07) is 10.4. The molecule has 1 aliphatic rings. The fourth-order valence-corrected chi connectivity index (χ4v) is 6.30. The van der Waals surface area contributed by atoms with Crippen LogP contribution in [0, 0.1) is 5.82 Å². The van der Waals surface area contributed by atoms with E-state index < -0.39 is 29.6 Å². The molecule has 4 heterocycles. The van der Waals surface area contributed by atoms with Crippen molar-refractivity contribution >= 4 is 29.2 Å². The van der Waals surface area contributed by atoms with E-state index in [1.165, 1.54) is 31.3 Å². The zero-order valence-electron chi connectivity index (χ0n) is 28.8. The molecule has 3 aromatic heterocycles. The number of nitrogens with one attached hydrogen (secondary N) is 2. The Balaban J connectivity index is 1.44. The smallest absolute Gasteiger partial charge is 0.416 e. The number of likely N-dealkylation sites (tertiary alicyclic amines) is 1. The van der Waals surface area contributed by atoms with Crippen LogP contribution in [0.4, 0.5) is 34.0 Å². The maximum Gasteiger partial charge on any atom is 0.416 e. The van der Waals surface area contributed by atoms with E-state index in [2.05, 4.69) is 20.6 Å². The number of aromatic nitrogens is 4. The first kappa shape index (κ1) is 36.8. The molecule has 0 saturated carbocycles. The number of hydrogen-bond donors (Lipinski definition) is 3. The first-order valence-electron chi connectivity index (χ1n) is 16.4. The summed E-state index contributed by atoms with van der Waals surface area (Å²) < 4.78 is 74.0. The van der Waals surface area contributed by atoms with Gasteiger partial charge in [0, 0.05) is 61.6 Å². The van der Waals surface area contributed by atoms with Crippen LogP contribution in [0.1, 0.15) is 51.8 Å². The molecule has 0 spiro atoms. The van der Waals surface area contributed by atoms with Gasteiger partial charge in [-0.05, 0) is 55.3 Å². The second-order valence-corrected chi connectivity index (χ2v) is 12.2. The largest absolute Gasteiger partial charge is 0.497 e. The van der Waals surface area contributed by atoms with Gasteiger partial charge in [0.1, 0.15) is 40.2 Å². The standard InChI is InChI=1S/C36H35F4N7O6/c1-51-19-24-17-43-32(42-16-21-6-8-25(52-2)15-28(21)53-3)31-30(45-33(47(24)31)22-5-4-12-46(18-22)35(49)50)26-9-7-20(13-27(26)37)34(48)44-29-14-23(10-11-41-29)36(38,39)40/h6-11,13-15,17,22H,4-5,12,16,18-19H2,1-3H3,(H,42,43)(H,49,50)(H,41,44,48)/t22-/m1/s1. The molecule has 53 heavy (non-hydrogen) atoms. The zero-order chi connectivity index (χ0) is 37.9. The molecule has 3 N–H and O–H groups in total. The number of carboxylic acid groups (broad SMARTS) is 1. The quantitative estimate of drug-likeness (QED) is 0.123. The minimum absolute atomic E-state index is 0.00478. The molecule has 2 aromatic carbocycles. The van der Waals surface area contributed by atoms with Crippen molar-refractivity contribution in [3.63, 3.8) is 0 Å². The van der Waals surface area contributed by atoms with E-state index in [9.17, 15) is 27.9 Å². The Hall–Kier alpha value is -5.97. The Morgan fingerprint density at radius 2 is 1.85 bits per heavy atom. The van der Waals surface area contributed by atoms with Gasteiger partial charge in [-0.1, -0.05) is 0 Å². The van der Waals surface area contributed by atoms with E-state index in [1.807, 2.05) is 6.07 Å². The van der Waals surface area contributed by atoms with Gasteiger partial charge in [0.15, 0.2) is 5.82 Å². The lowest BCUT2D eigenvalue weighted by Crippen LogP contribution is -2.38. The number of ether oxygens (including phenoxy) is 3. The molecule has 0 unspecified atom stereocenters. The number of anilines is 2. The topological polar surface area (TPSA) is 152 Å². The number of pyridine rings is 1. The van der Waals surface area contributed by atoms with E-state index >= 15 is 4.39 Å². The average molecular weight is 738 g/mol. The van der Waals surface area contributed by atoms with E-state index in [-0.39, 0.29) is 48.3 Å². The van der Waals surface area contributed by atoms with Crippen LogP contribution in [0.5, 0.6) is 11.5 Å². The molecule has 1 aliphatic heterocycles. The summed E-state index contributed by atoms with van der Waals surface area (Å²) in [4.78, 5) is 39.7. The van der Waals surface area contributed by atoms with E-state index in [1.54, 1.807) is 29.8 Å². The number of methoxy groups -OCH3 is 3. The van der Waals surface area contributed by atoms with Gasteiger partial charge in [-0.15, -0.1) is 0 Å². The van der Waals surface area contributed by atoms with Gasteiger partial charge in [-0.3, -0.25) is 9.20 Å². The van der Waals surface area contributed by atoms with Crippen molar-refractivity contribution in [2.24, 2.45) is 0 Å². The summed E-state index contributed by atoms with van der Waals surface area (Å²) in [5.41, 5.74) is 0.673. The molecule has 278 valence electrons. The highest BCUT2D eigenvalue weighted by Gasteiger charge is 2.32. The highest BCUT2D eigenvalue weighted by molar-refractivity contribution is 6.04. The minimum Gasteiger partial charge on any atom is -0.497 e. The van der Waals surface area contributed by atoms with Crippen LogP contribution in [-0.2, 0) is 24.1 Å². The number of hydrogen-bond acceptors (Lipinski definition) is 9. The molecule has 1 saturated heterocycles. The molecule has 0 radical (unpaired) electrons. The van der Waals surface area contributed by atoms with E-state index in [0.717, 1.165) is 23.9 Å². The van der Waals surface area contributed by atoms with Crippen molar-refractivity contribution in [2.75, 3.05) is 45.1 Å².